The van der Waals surface area contributed by atoms with E-state index >= 15 is 0 Å². The fourth-order valence-electron chi connectivity index (χ4n) is 2.96. The lowest BCUT2D eigenvalue weighted by atomic mass is 10.1. The summed E-state index contributed by atoms with van der Waals surface area (Å²) in [5, 5.41) is 7.26. The quantitative estimate of drug-likeness (QED) is 0.922. The minimum atomic E-state index is -0.0501. The molecule has 2 aromatic rings. The molecule has 6 heteroatoms. The van der Waals surface area contributed by atoms with E-state index in [1.807, 2.05) is 6.92 Å². The third-order valence-corrected chi connectivity index (χ3v) is 4.01. The maximum absolute atomic E-state index is 12.4. The lowest BCUT2D eigenvalue weighted by Gasteiger charge is -2.14. The van der Waals surface area contributed by atoms with Crippen LogP contribution >= 0.6 is 0 Å². The number of fused-ring (bicyclic) bond motifs is 1. The highest BCUT2D eigenvalue weighted by Gasteiger charge is 2.24. The molecule has 0 radical (unpaired) electrons. The zero-order valence-corrected chi connectivity index (χ0v) is 11.8. The number of nitrogens with one attached hydrogen (secondary N) is 1. The summed E-state index contributed by atoms with van der Waals surface area (Å²) in [5.41, 5.74) is 1.46. The molecule has 2 aromatic heterocycles. The zero-order valence-electron chi connectivity index (χ0n) is 11.8. The van der Waals surface area contributed by atoms with Crippen molar-refractivity contribution in [2.75, 3.05) is 0 Å². The van der Waals surface area contributed by atoms with Gasteiger partial charge in [0.2, 0.25) is 0 Å². The normalized spacial score (nSPS) is 22.3. The van der Waals surface area contributed by atoms with Crippen LogP contribution in [0.4, 0.5) is 0 Å². The topological polar surface area (TPSA) is 72.2 Å². The van der Waals surface area contributed by atoms with Crippen LogP contribution in [-0.2, 0) is 6.42 Å². The minimum absolute atomic E-state index is 0.0501. The number of nitrogens with zero attached hydrogens (tertiary/aromatic N) is 4. The number of hydrogen-bond acceptors (Lipinski definition) is 4. The van der Waals surface area contributed by atoms with Crippen LogP contribution in [0.2, 0.25) is 0 Å². The van der Waals surface area contributed by atoms with E-state index in [1.165, 1.54) is 12.7 Å². The molecule has 1 amide bonds. The van der Waals surface area contributed by atoms with Gasteiger partial charge in [-0.2, -0.15) is 10.1 Å². The Hall–Kier alpha value is -1.98. The first-order valence-electron chi connectivity index (χ1n) is 7.17. The Morgan fingerprint density at radius 2 is 2.30 bits per heavy atom. The Morgan fingerprint density at radius 3 is 3.00 bits per heavy atom. The van der Waals surface area contributed by atoms with E-state index in [2.05, 4.69) is 27.3 Å². The molecule has 0 saturated heterocycles. The van der Waals surface area contributed by atoms with Gasteiger partial charge >= 0.3 is 0 Å². The van der Waals surface area contributed by atoms with Crippen LogP contribution in [-0.4, -0.2) is 31.5 Å². The lowest BCUT2D eigenvalue weighted by molar-refractivity contribution is 0.0935. The van der Waals surface area contributed by atoms with E-state index in [0.717, 1.165) is 18.5 Å². The van der Waals surface area contributed by atoms with Crippen LogP contribution < -0.4 is 5.32 Å². The van der Waals surface area contributed by atoms with Crippen LogP contribution in [0.15, 0.2) is 12.5 Å². The summed E-state index contributed by atoms with van der Waals surface area (Å²) in [4.78, 5) is 20.7. The van der Waals surface area contributed by atoms with Crippen LogP contribution in [0.1, 0.15) is 49.2 Å². The predicted molar refractivity (Wildman–Crippen MR) is 74.4 cm³/mol. The monoisotopic (exact) mass is 273 g/mol. The Morgan fingerprint density at radius 1 is 1.45 bits per heavy atom. The Labute approximate surface area is 117 Å². The van der Waals surface area contributed by atoms with Crippen molar-refractivity contribution in [2.45, 2.75) is 45.6 Å². The van der Waals surface area contributed by atoms with Crippen molar-refractivity contribution in [3.8, 4) is 0 Å². The summed E-state index contributed by atoms with van der Waals surface area (Å²) >= 11 is 0. The van der Waals surface area contributed by atoms with Gasteiger partial charge in [0.1, 0.15) is 6.33 Å². The van der Waals surface area contributed by atoms with Gasteiger partial charge in [0.05, 0.1) is 11.3 Å². The SMILES string of the molecule is CCc1c(C(=O)NC2CCC(C)C2)cnc2ncnn12. The van der Waals surface area contributed by atoms with E-state index in [0.29, 0.717) is 23.7 Å². The van der Waals surface area contributed by atoms with Crippen molar-refractivity contribution in [2.24, 2.45) is 5.92 Å². The predicted octanol–water partition coefficient (Wildman–Crippen LogP) is 1.61. The fourth-order valence-corrected chi connectivity index (χ4v) is 2.96. The largest absolute Gasteiger partial charge is 0.349 e. The molecule has 3 rings (SSSR count). The van der Waals surface area contributed by atoms with E-state index in [1.54, 1.807) is 10.7 Å². The molecule has 2 atom stereocenters. The van der Waals surface area contributed by atoms with Gasteiger partial charge in [-0.25, -0.2) is 9.50 Å². The van der Waals surface area contributed by atoms with E-state index in [-0.39, 0.29) is 11.9 Å². The molecule has 1 saturated carbocycles. The van der Waals surface area contributed by atoms with Gasteiger partial charge in [-0.1, -0.05) is 13.8 Å². The first-order valence-corrected chi connectivity index (χ1v) is 7.17. The molecule has 1 aliphatic rings. The molecule has 1 fully saturated rings. The van der Waals surface area contributed by atoms with Gasteiger partial charge in [0, 0.05) is 12.2 Å². The standard InChI is InChI=1S/C14H19N5O/c1-3-12-11(7-15-14-16-8-17-19(12)14)13(20)18-10-5-4-9(2)6-10/h7-10H,3-6H2,1-2H3,(H,18,20). The molecule has 6 nitrogen and oxygen atoms in total. The number of aryl methyl sites for hydroxylation is 1. The molecular weight excluding hydrogens is 254 g/mol. The van der Waals surface area contributed by atoms with Crippen molar-refractivity contribution in [3.63, 3.8) is 0 Å². The van der Waals surface area contributed by atoms with Crippen LogP contribution in [0, 0.1) is 5.92 Å². The fraction of sp³-hybridized carbons (Fsp3) is 0.571. The molecule has 0 spiro atoms. The second-order valence-electron chi connectivity index (χ2n) is 5.53. The van der Waals surface area contributed by atoms with E-state index in [9.17, 15) is 4.79 Å². The highest BCUT2D eigenvalue weighted by atomic mass is 16.1. The van der Waals surface area contributed by atoms with Crippen LogP contribution in [0.25, 0.3) is 5.78 Å². The van der Waals surface area contributed by atoms with Gasteiger partial charge in [-0.15, -0.1) is 0 Å². The first kappa shape index (κ1) is 13.0. The molecule has 20 heavy (non-hydrogen) atoms. The molecule has 0 bridgehead atoms. The first-order chi connectivity index (χ1) is 9.69. The van der Waals surface area contributed by atoms with Crippen molar-refractivity contribution >= 4 is 11.7 Å². The average molecular weight is 273 g/mol. The summed E-state index contributed by atoms with van der Waals surface area (Å²) in [6.07, 6.45) is 7.09. The molecule has 0 aliphatic heterocycles. The second-order valence-corrected chi connectivity index (χ2v) is 5.53. The summed E-state index contributed by atoms with van der Waals surface area (Å²) in [6.45, 7) is 4.23. The zero-order chi connectivity index (χ0) is 14.1. The maximum Gasteiger partial charge on any atom is 0.254 e. The molecule has 2 heterocycles. The molecule has 0 aromatic carbocycles. The summed E-state index contributed by atoms with van der Waals surface area (Å²) in [6, 6.07) is 0.286. The number of carbonyl (C=O) groups excluding carboxylic acids is 1. The summed E-state index contributed by atoms with van der Waals surface area (Å²) < 4.78 is 1.65. The number of carbonyl (C=O) groups is 1. The van der Waals surface area contributed by atoms with Crippen LogP contribution in [0.5, 0.6) is 0 Å². The number of aromatic nitrogens is 4. The second kappa shape index (κ2) is 5.19. The third kappa shape index (κ3) is 2.26. The molecular formula is C14H19N5O. The number of rotatable bonds is 3. The Balaban J connectivity index is 1.87. The molecule has 106 valence electrons. The highest BCUT2D eigenvalue weighted by Crippen LogP contribution is 2.25. The third-order valence-electron chi connectivity index (χ3n) is 4.01. The van der Waals surface area contributed by atoms with Gasteiger partial charge in [-0.3, -0.25) is 4.79 Å². The molecule has 1 aliphatic carbocycles. The van der Waals surface area contributed by atoms with Gasteiger partial charge in [-0.05, 0) is 31.6 Å². The van der Waals surface area contributed by atoms with Crippen LogP contribution in [0.3, 0.4) is 0 Å². The maximum atomic E-state index is 12.4. The average Bonchev–Trinajstić information content (AvgIpc) is 3.06. The minimum Gasteiger partial charge on any atom is -0.349 e. The summed E-state index contributed by atoms with van der Waals surface area (Å²) in [7, 11) is 0. The Kier molecular flexibility index (Phi) is 3.38. The highest BCUT2D eigenvalue weighted by molar-refractivity contribution is 5.95. The van der Waals surface area contributed by atoms with Gasteiger partial charge in [0.15, 0.2) is 0 Å². The van der Waals surface area contributed by atoms with Crippen molar-refractivity contribution < 1.29 is 4.79 Å². The van der Waals surface area contributed by atoms with Gasteiger partial charge in [0.25, 0.3) is 11.7 Å². The number of hydrogen-bond donors (Lipinski definition) is 1. The molecule has 1 N–H and O–H groups in total. The smallest absolute Gasteiger partial charge is 0.254 e. The van der Waals surface area contributed by atoms with Crippen molar-refractivity contribution in [1.29, 1.82) is 0 Å². The number of amides is 1. The van der Waals surface area contributed by atoms with Crippen molar-refractivity contribution in [1.82, 2.24) is 24.9 Å². The van der Waals surface area contributed by atoms with Crippen molar-refractivity contribution in [3.05, 3.63) is 23.8 Å². The Bertz CT molecular complexity index is 636. The van der Waals surface area contributed by atoms with Gasteiger partial charge < -0.3 is 5.32 Å². The molecule has 2 unspecified atom stereocenters. The van der Waals surface area contributed by atoms with E-state index in [4.69, 9.17) is 0 Å². The lowest BCUT2D eigenvalue weighted by Crippen LogP contribution is -2.34. The summed E-state index contributed by atoms with van der Waals surface area (Å²) in [5.74, 6) is 1.18. The van der Waals surface area contributed by atoms with E-state index < -0.39 is 0 Å².